The van der Waals surface area contributed by atoms with Crippen LogP contribution in [0.25, 0.3) is 0 Å². The van der Waals surface area contributed by atoms with Gasteiger partial charge in [0.15, 0.2) is 0 Å². The fraction of sp³-hybridized carbons (Fsp3) is 0.429. The van der Waals surface area contributed by atoms with Crippen molar-refractivity contribution in [2.45, 2.75) is 32.2 Å². The molecule has 0 aliphatic rings. The molecule has 18 heavy (non-hydrogen) atoms. The predicted molar refractivity (Wildman–Crippen MR) is 69.3 cm³/mol. The van der Waals surface area contributed by atoms with E-state index in [2.05, 4.69) is 0 Å². The van der Waals surface area contributed by atoms with E-state index in [1.54, 1.807) is 0 Å². The molecule has 0 aliphatic heterocycles. The lowest BCUT2D eigenvalue weighted by atomic mass is 9.96. The summed E-state index contributed by atoms with van der Waals surface area (Å²) in [6.45, 7) is 1.99. The maximum absolute atomic E-state index is 10.7. The molecule has 0 aliphatic carbocycles. The van der Waals surface area contributed by atoms with Crippen molar-refractivity contribution in [2.75, 3.05) is 0 Å². The smallest absolute Gasteiger partial charge is 0.320 e. The highest BCUT2D eigenvalue weighted by molar-refractivity contribution is 5.73. The van der Waals surface area contributed by atoms with E-state index in [0.29, 0.717) is 6.42 Å². The highest BCUT2D eigenvalue weighted by Gasteiger charge is 2.12. The van der Waals surface area contributed by atoms with Gasteiger partial charge in [0, 0.05) is 5.92 Å². The lowest BCUT2D eigenvalue weighted by Crippen LogP contribution is -2.32. The van der Waals surface area contributed by atoms with Crippen molar-refractivity contribution in [2.24, 2.45) is 11.7 Å². The van der Waals surface area contributed by atoms with Gasteiger partial charge >= 0.3 is 5.97 Å². The molecule has 1 rings (SSSR count). The number of nitrogens with two attached hydrogens (primary N) is 1. The monoisotopic (exact) mass is 249 g/mol. The van der Waals surface area contributed by atoms with Gasteiger partial charge < -0.3 is 15.6 Å². The van der Waals surface area contributed by atoms with Crippen molar-refractivity contribution in [1.82, 2.24) is 0 Å². The second-order valence-corrected chi connectivity index (χ2v) is 4.47. The van der Waals surface area contributed by atoms with Crippen LogP contribution in [0.4, 0.5) is 0 Å². The lowest BCUT2D eigenvalue weighted by Gasteiger charge is -2.09. The number of aliphatic carboxylic acids is 1. The maximum Gasteiger partial charge on any atom is 0.320 e. The number of carboxylic acid groups (broad SMARTS) is 1. The van der Waals surface area contributed by atoms with Gasteiger partial charge in [-0.2, -0.15) is 0 Å². The number of rotatable bonds is 7. The molecule has 2 unspecified atom stereocenters. The van der Waals surface area contributed by atoms with E-state index in [1.165, 1.54) is 0 Å². The molecule has 1 aromatic rings. The first-order valence-electron chi connectivity index (χ1n) is 6.08. The first-order chi connectivity index (χ1) is 8.56. The molecule has 2 atom stereocenters. The summed E-state index contributed by atoms with van der Waals surface area (Å²) < 4.78 is 0. The van der Waals surface area contributed by atoms with Crippen LogP contribution in [0.1, 0.15) is 24.5 Å². The van der Waals surface area contributed by atoms with Gasteiger partial charge in [-0.1, -0.05) is 31.2 Å². The third-order valence-electron chi connectivity index (χ3n) is 3.01. The zero-order valence-electron chi connectivity index (χ0n) is 10.5. The van der Waals surface area contributed by atoms with Gasteiger partial charge in [-0.25, -0.2) is 0 Å². The minimum atomic E-state index is -0.994. The Bertz CT molecular complexity index is 377. The third-order valence-corrected chi connectivity index (χ3v) is 3.01. The van der Waals surface area contributed by atoms with Crippen LogP contribution in [0.3, 0.4) is 0 Å². The van der Waals surface area contributed by atoms with E-state index < -0.39 is 12.0 Å². The summed E-state index contributed by atoms with van der Waals surface area (Å²) in [5.41, 5.74) is 7.45. The van der Waals surface area contributed by atoms with Crippen LogP contribution in [0.5, 0.6) is 0 Å². The highest BCUT2D eigenvalue weighted by atomic mass is 16.4. The average Bonchev–Trinajstić information content (AvgIpc) is 2.37. The van der Waals surface area contributed by atoms with E-state index in [4.69, 9.17) is 10.8 Å². The van der Waals surface area contributed by atoms with Gasteiger partial charge in [-0.05, 0) is 30.4 Å². The minimum Gasteiger partial charge on any atom is -0.480 e. The lowest BCUT2D eigenvalue weighted by molar-refractivity contribution is -0.138. The molecular formula is C14H19NO3. The number of carbonyl (C=O) groups is 2. The molecule has 0 heterocycles. The second-order valence-electron chi connectivity index (χ2n) is 4.47. The van der Waals surface area contributed by atoms with Crippen LogP contribution in [0.2, 0.25) is 0 Å². The minimum absolute atomic E-state index is 0.0529. The quantitative estimate of drug-likeness (QED) is 0.716. The summed E-state index contributed by atoms with van der Waals surface area (Å²) >= 11 is 0. The van der Waals surface area contributed by atoms with Crippen LogP contribution in [0, 0.1) is 5.92 Å². The van der Waals surface area contributed by atoms with E-state index in [0.717, 1.165) is 30.3 Å². The molecule has 3 N–H and O–H groups in total. The molecular weight excluding hydrogens is 230 g/mol. The number of benzene rings is 1. The number of carboxylic acids is 1. The molecule has 0 radical (unpaired) electrons. The molecule has 0 saturated heterocycles. The van der Waals surface area contributed by atoms with Crippen LogP contribution in [-0.4, -0.2) is 23.4 Å². The number of aldehydes is 1. The fourth-order valence-electron chi connectivity index (χ4n) is 1.74. The Kier molecular flexibility index (Phi) is 5.52. The normalized spacial score (nSPS) is 13.9. The molecule has 4 nitrogen and oxygen atoms in total. The Morgan fingerprint density at radius 3 is 2.17 bits per heavy atom. The number of hydrogen-bond donors (Lipinski definition) is 2. The zero-order valence-corrected chi connectivity index (χ0v) is 10.5. The van der Waals surface area contributed by atoms with Gasteiger partial charge in [0.1, 0.15) is 12.3 Å². The van der Waals surface area contributed by atoms with Crippen LogP contribution >= 0.6 is 0 Å². The van der Waals surface area contributed by atoms with Gasteiger partial charge in [0.2, 0.25) is 0 Å². The van der Waals surface area contributed by atoms with Gasteiger partial charge in [-0.3, -0.25) is 4.79 Å². The summed E-state index contributed by atoms with van der Waals surface area (Å²) in [5, 5.41) is 8.72. The standard InChI is InChI=1S/C14H19NO3/c1-2-10(9-16)7-11-3-5-12(6-4-11)8-13(15)14(17)18/h3-6,9-10,13H,2,7-8,15H2,1H3,(H,17,18). The summed E-state index contributed by atoms with van der Waals surface area (Å²) in [5.74, 6) is -0.941. The number of hydrogen-bond acceptors (Lipinski definition) is 3. The van der Waals surface area contributed by atoms with Crippen LogP contribution in [-0.2, 0) is 22.4 Å². The van der Waals surface area contributed by atoms with E-state index in [1.807, 2.05) is 31.2 Å². The van der Waals surface area contributed by atoms with Gasteiger partial charge in [-0.15, -0.1) is 0 Å². The predicted octanol–water partition coefficient (Wildman–Crippen LogP) is 1.41. The third kappa shape index (κ3) is 4.30. The molecule has 0 aromatic heterocycles. The molecule has 4 heteroatoms. The summed E-state index contributed by atoms with van der Waals surface area (Å²) in [6, 6.07) is 6.73. The SMILES string of the molecule is CCC(C=O)Cc1ccc(CC(N)C(=O)O)cc1. The van der Waals surface area contributed by atoms with Crippen molar-refractivity contribution in [3.8, 4) is 0 Å². The molecule has 98 valence electrons. The van der Waals surface area contributed by atoms with E-state index >= 15 is 0 Å². The van der Waals surface area contributed by atoms with Crippen molar-refractivity contribution in [1.29, 1.82) is 0 Å². The highest BCUT2D eigenvalue weighted by Crippen LogP contribution is 2.12. The van der Waals surface area contributed by atoms with E-state index in [-0.39, 0.29) is 5.92 Å². The molecule has 0 spiro atoms. The van der Waals surface area contributed by atoms with Gasteiger partial charge in [0.25, 0.3) is 0 Å². The topological polar surface area (TPSA) is 80.4 Å². The molecule has 0 bridgehead atoms. The number of carbonyl (C=O) groups excluding carboxylic acids is 1. The Morgan fingerprint density at radius 2 is 1.78 bits per heavy atom. The molecule has 0 amide bonds. The molecule has 1 aromatic carbocycles. The summed E-state index contributed by atoms with van der Waals surface area (Å²) in [4.78, 5) is 21.4. The van der Waals surface area contributed by atoms with Crippen molar-refractivity contribution < 1.29 is 14.7 Å². The molecule has 0 saturated carbocycles. The van der Waals surface area contributed by atoms with Crippen molar-refractivity contribution in [3.05, 3.63) is 35.4 Å². The Labute approximate surface area is 107 Å². The van der Waals surface area contributed by atoms with Gasteiger partial charge in [0.05, 0.1) is 0 Å². The second kappa shape index (κ2) is 6.91. The first-order valence-corrected chi connectivity index (χ1v) is 6.08. The largest absolute Gasteiger partial charge is 0.480 e. The van der Waals surface area contributed by atoms with Crippen molar-refractivity contribution >= 4 is 12.3 Å². The zero-order chi connectivity index (χ0) is 13.5. The average molecular weight is 249 g/mol. The van der Waals surface area contributed by atoms with Crippen molar-refractivity contribution in [3.63, 3.8) is 0 Å². The maximum atomic E-state index is 10.7. The molecule has 0 fully saturated rings. The first kappa shape index (κ1) is 14.4. The fourth-order valence-corrected chi connectivity index (χ4v) is 1.74. The Morgan fingerprint density at radius 1 is 1.28 bits per heavy atom. The Balaban J connectivity index is 2.62. The summed E-state index contributed by atoms with van der Waals surface area (Å²) in [7, 11) is 0. The Hall–Kier alpha value is -1.68. The van der Waals surface area contributed by atoms with E-state index in [9.17, 15) is 9.59 Å². The van der Waals surface area contributed by atoms with Crippen LogP contribution in [0.15, 0.2) is 24.3 Å². The summed E-state index contributed by atoms with van der Waals surface area (Å²) in [6.07, 6.45) is 2.86. The van der Waals surface area contributed by atoms with Crippen LogP contribution < -0.4 is 5.73 Å².